The van der Waals surface area contributed by atoms with Crippen LogP contribution in [-0.4, -0.2) is 57.1 Å². The molecule has 0 saturated carbocycles. The van der Waals surface area contributed by atoms with Crippen molar-refractivity contribution in [2.75, 3.05) is 21.3 Å². The van der Waals surface area contributed by atoms with Gasteiger partial charge in [0.05, 0.1) is 26.1 Å². The molecule has 0 radical (unpaired) electrons. The van der Waals surface area contributed by atoms with Crippen molar-refractivity contribution in [2.45, 2.75) is 0 Å². The minimum atomic E-state index is -0.493. The van der Waals surface area contributed by atoms with Crippen LogP contribution >= 0.6 is 0 Å². The fourth-order valence-electron chi connectivity index (χ4n) is 2.22. The minimum absolute atomic E-state index is 0.0340. The molecule has 2 heterocycles. The van der Waals surface area contributed by atoms with E-state index in [-0.39, 0.29) is 11.6 Å². The summed E-state index contributed by atoms with van der Waals surface area (Å²) < 4.78 is 6.56. The van der Waals surface area contributed by atoms with Crippen LogP contribution in [0.5, 0.6) is 11.6 Å². The highest BCUT2D eigenvalue weighted by molar-refractivity contribution is 5.90. The molecule has 1 aromatic carbocycles. The molecule has 9 nitrogen and oxygen atoms in total. The Morgan fingerprint density at radius 1 is 1.15 bits per heavy atom. The average Bonchev–Trinajstić information content (AvgIpc) is 3.12. The number of aromatic nitrogens is 4. The molecule has 1 N–H and O–H groups in total. The molecule has 0 spiro atoms. The second-order valence-corrected chi connectivity index (χ2v) is 5.26. The lowest BCUT2D eigenvalue weighted by atomic mass is 10.2. The Balaban J connectivity index is 2.11. The van der Waals surface area contributed by atoms with Crippen LogP contribution in [0.1, 0.15) is 10.6 Å². The van der Waals surface area contributed by atoms with Gasteiger partial charge in [-0.1, -0.05) is 0 Å². The number of hydrogen-bond acceptors (Lipinski definition) is 7. The lowest BCUT2D eigenvalue weighted by Gasteiger charge is -2.10. The summed E-state index contributed by atoms with van der Waals surface area (Å²) in [5.41, 5.74) is 1.27. The number of ether oxygens (including phenoxy) is 1. The fraction of sp³-hybridized carbons (Fsp3) is 0.176. The van der Waals surface area contributed by atoms with Crippen LogP contribution in [0, 0.1) is 0 Å². The van der Waals surface area contributed by atoms with E-state index < -0.39 is 5.91 Å². The number of phenols is 1. The first-order valence-corrected chi connectivity index (χ1v) is 7.62. The number of carbonyl (C=O) groups excluding carboxylic acids is 1. The van der Waals surface area contributed by atoms with Gasteiger partial charge in [-0.05, 0) is 30.3 Å². The molecule has 26 heavy (non-hydrogen) atoms. The van der Waals surface area contributed by atoms with E-state index in [1.165, 1.54) is 38.1 Å². The van der Waals surface area contributed by atoms with Crippen molar-refractivity contribution in [3.63, 3.8) is 0 Å². The first kappa shape index (κ1) is 17.4. The van der Waals surface area contributed by atoms with E-state index in [4.69, 9.17) is 9.57 Å². The molecular weight excluding hydrogens is 338 g/mol. The zero-order valence-electron chi connectivity index (χ0n) is 14.4. The van der Waals surface area contributed by atoms with Gasteiger partial charge in [0.1, 0.15) is 5.75 Å². The zero-order valence-corrected chi connectivity index (χ0v) is 14.4. The number of amides is 1. The summed E-state index contributed by atoms with van der Waals surface area (Å²) in [4.78, 5) is 25.7. The number of methoxy groups -OCH3 is 1. The predicted octanol–water partition coefficient (Wildman–Crippen LogP) is 1.68. The van der Waals surface area contributed by atoms with Crippen molar-refractivity contribution < 1.29 is 19.5 Å². The van der Waals surface area contributed by atoms with Crippen molar-refractivity contribution in [2.24, 2.45) is 0 Å². The standard InChI is InChI=1S/C17H17N5O4/c1-21(26-3)17(24)15-19-16(11-4-7-13(23)8-5-11)22(20-15)12-6-9-14(25-2)18-10-12/h4-10,23H,1-3H3. The van der Waals surface area contributed by atoms with E-state index in [0.29, 0.717) is 23.0 Å². The summed E-state index contributed by atoms with van der Waals surface area (Å²) in [6.45, 7) is 0. The van der Waals surface area contributed by atoms with E-state index >= 15 is 0 Å². The van der Waals surface area contributed by atoms with Gasteiger partial charge in [-0.25, -0.2) is 19.7 Å². The van der Waals surface area contributed by atoms with Crippen LogP contribution in [0.15, 0.2) is 42.6 Å². The topological polar surface area (TPSA) is 103 Å². The minimum Gasteiger partial charge on any atom is -0.508 e. The van der Waals surface area contributed by atoms with E-state index in [2.05, 4.69) is 15.1 Å². The lowest BCUT2D eigenvalue weighted by molar-refractivity contribution is -0.0764. The van der Waals surface area contributed by atoms with Gasteiger partial charge in [0, 0.05) is 18.7 Å². The van der Waals surface area contributed by atoms with Gasteiger partial charge in [0.25, 0.3) is 0 Å². The maximum Gasteiger partial charge on any atom is 0.316 e. The molecule has 0 aliphatic heterocycles. The Hall–Kier alpha value is -3.46. The highest BCUT2D eigenvalue weighted by atomic mass is 16.7. The number of rotatable bonds is 5. The molecule has 3 rings (SSSR count). The molecule has 0 bridgehead atoms. The third-order valence-electron chi connectivity index (χ3n) is 3.66. The molecule has 9 heteroatoms. The number of aromatic hydroxyl groups is 1. The highest BCUT2D eigenvalue weighted by Gasteiger charge is 2.22. The first-order valence-electron chi connectivity index (χ1n) is 7.62. The third-order valence-corrected chi connectivity index (χ3v) is 3.66. The smallest absolute Gasteiger partial charge is 0.316 e. The molecular formula is C17H17N5O4. The van der Waals surface area contributed by atoms with Crippen LogP contribution in [0.3, 0.4) is 0 Å². The lowest BCUT2D eigenvalue weighted by Crippen LogP contribution is -2.26. The average molecular weight is 355 g/mol. The van der Waals surface area contributed by atoms with E-state index in [0.717, 1.165) is 5.06 Å². The first-order chi connectivity index (χ1) is 12.5. The molecule has 0 saturated heterocycles. The number of phenolic OH excluding ortho intramolecular Hbond substituents is 1. The van der Waals surface area contributed by atoms with Gasteiger partial charge < -0.3 is 9.84 Å². The Morgan fingerprint density at radius 3 is 2.46 bits per heavy atom. The maximum absolute atomic E-state index is 12.3. The summed E-state index contributed by atoms with van der Waals surface area (Å²) in [6.07, 6.45) is 1.56. The number of carbonyl (C=O) groups is 1. The van der Waals surface area contributed by atoms with Crippen molar-refractivity contribution in [1.82, 2.24) is 24.8 Å². The summed E-state index contributed by atoms with van der Waals surface area (Å²) in [5.74, 6) is 0.475. The Kier molecular flexibility index (Phi) is 4.81. The van der Waals surface area contributed by atoms with Gasteiger partial charge in [-0.3, -0.25) is 9.63 Å². The molecule has 0 unspecified atom stereocenters. The third kappa shape index (κ3) is 3.33. The van der Waals surface area contributed by atoms with Crippen LogP contribution in [0.2, 0.25) is 0 Å². The summed E-state index contributed by atoms with van der Waals surface area (Å²) in [6, 6.07) is 9.86. The molecule has 2 aromatic heterocycles. The molecule has 134 valence electrons. The number of hydrogen-bond donors (Lipinski definition) is 1. The number of nitrogens with zero attached hydrogens (tertiary/aromatic N) is 5. The monoisotopic (exact) mass is 355 g/mol. The number of hydroxylamine groups is 2. The Bertz CT molecular complexity index is 906. The fourth-order valence-corrected chi connectivity index (χ4v) is 2.22. The van der Waals surface area contributed by atoms with Gasteiger partial charge in [0.15, 0.2) is 5.82 Å². The van der Waals surface area contributed by atoms with Crippen molar-refractivity contribution in [3.8, 4) is 28.7 Å². The molecule has 3 aromatic rings. The van der Waals surface area contributed by atoms with Crippen molar-refractivity contribution >= 4 is 5.91 Å². The molecule has 0 atom stereocenters. The maximum atomic E-state index is 12.3. The molecule has 0 fully saturated rings. The second kappa shape index (κ2) is 7.19. The highest BCUT2D eigenvalue weighted by Crippen LogP contribution is 2.24. The summed E-state index contributed by atoms with van der Waals surface area (Å²) in [7, 11) is 4.37. The largest absolute Gasteiger partial charge is 0.508 e. The van der Waals surface area contributed by atoms with Crippen LogP contribution in [0.4, 0.5) is 0 Å². The second-order valence-electron chi connectivity index (χ2n) is 5.26. The number of benzene rings is 1. The van der Waals surface area contributed by atoms with Gasteiger partial charge in [0.2, 0.25) is 11.7 Å². The van der Waals surface area contributed by atoms with Crippen molar-refractivity contribution in [3.05, 3.63) is 48.4 Å². The zero-order chi connectivity index (χ0) is 18.7. The summed E-state index contributed by atoms with van der Waals surface area (Å²) >= 11 is 0. The quantitative estimate of drug-likeness (QED) is 0.695. The van der Waals surface area contributed by atoms with Gasteiger partial charge in [-0.2, -0.15) is 0 Å². The van der Waals surface area contributed by atoms with E-state index in [1.807, 2.05) is 0 Å². The van der Waals surface area contributed by atoms with Gasteiger partial charge >= 0.3 is 5.91 Å². The molecule has 1 amide bonds. The van der Waals surface area contributed by atoms with Crippen LogP contribution < -0.4 is 4.74 Å². The molecule has 0 aliphatic rings. The Morgan fingerprint density at radius 2 is 1.88 bits per heavy atom. The SMILES string of the molecule is COc1ccc(-n2nc(C(=O)N(C)OC)nc2-c2ccc(O)cc2)cn1. The van der Waals surface area contributed by atoms with E-state index in [1.54, 1.807) is 30.5 Å². The normalized spacial score (nSPS) is 10.6. The van der Waals surface area contributed by atoms with Crippen molar-refractivity contribution in [1.29, 1.82) is 0 Å². The Labute approximate surface area is 149 Å². The van der Waals surface area contributed by atoms with Gasteiger partial charge in [-0.15, -0.1) is 5.10 Å². The molecule has 0 aliphatic carbocycles. The van der Waals surface area contributed by atoms with Crippen LogP contribution in [0.25, 0.3) is 17.1 Å². The predicted molar refractivity (Wildman–Crippen MR) is 91.9 cm³/mol. The number of pyridine rings is 1. The van der Waals surface area contributed by atoms with E-state index in [9.17, 15) is 9.90 Å². The van der Waals surface area contributed by atoms with Crippen LogP contribution in [-0.2, 0) is 4.84 Å². The summed E-state index contributed by atoms with van der Waals surface area (Å²) in [5, 5.41) is 14.8.